The van der Waals surface area contributed by atoms with E-state index >= 15 is 0 Å². The first kappa shape index (κ1) is 15.9. The van der Waals surface area contributed by atoms with Gasteiger partial charge in [0.05, 0.1) is 12.8 Å². The normalized spacial score (nSPS) is 17.0. The van der Waals surface area contributed by atoms with Crippen LogP contribution in [0.1, 0.15) is 32.4 Å². The van der Waals surface area contributed by atoms with Crippen LogP contribution >= 0.6 is 0 Å². The number of likely N-dealkylation sites (N-methyl/N-ethyl adjacent to an activating group) is 1. The molecule has 1 aromatic heterocycles. The quantitative estimate of drug-likeness (QED) is 0.567. The fourth-order valence-electron chi connectivity index (χ4n) is 2.29. The number of guanidine groups is 1. The van der Waals surface area contributed by atoms with Crippen molar-refractivity contribution in [3.63, 3.8) is 0 Å². The molecular weight excluding hydrogens is 264 g/mol. The third kappa shape index (κ3) is 5.42. The fraction of sp³-hybridized carbons (Fsp3) is 0.688. The SMILES string of the molecule is CCNC(=NCC(C)N(C)C1CC1)NCCc1ccco1. The van der Waals surface area contributed by atoms with E-state index in [1.165, 1.54) is 12.8 Å². The summed E-state index contributed by atoms with van der Waals surface area (Å²) in [4.78, 5) is 7.13. The molecule has 0 aromatic carbocycles. The molecule has 2 rings (SSSR count). The molecule has 1 atom stereocenters. The molecule has 0 amide bonds. The van der Waals surface area contributed by atoms with Gasteiger partial charge in [-0.25, -0.2) is 0 Å². The Kier molecular flexibility index (Phi) is 6.11. The lowest BCUT2D eigenvalue weighted by Gasteiger charge is -2.23. The molecule has 118 valence electrons. The Bertz CT molecular complexity index is 425. The van der Waals surface area contributed by atoms with Gasteiger partial charge in [-0.3, -0.25) is 9.89 Å². The monoisotopic (exact) mass is 292 g/mol. The van der Waals surface area contributed by atoms with Crippen molar-refractivity contribution in [2.24, 2.45) is 4.99 Å². The molecule has 2 N–H and O–H groups in total. The van der Waals surface area contributed by atoms with E-state index in [0.29, 0.717) is 6.04 Å². The largest absolute Gasteiger partial charge is 0.469 e. The minimum atomic E-state index is 0.484. The molecule has 0 aliphatic heterocycles. The third-order valence-electron chi connectivity index (χ3n) is 3.92. The summed E-state index contributed by atoms with van der Waals surface area (Å²) >= 11 is 0. The number of nitrogens with zero attached hydrogens (tertiary/aromatic N) is 2. The van der Waals surface area contributed by atoms with Crippen LogP contribution in [0.15, 0.2) is 27.8 Å². The number of hydrogen-bond acceptors (Lipinski definition) is 3. The van der Waals surface area contributed by atoms with E-state index in [2.05, 4.69) is 41.4 Å². The smallest absolute Gasteiger partial charge is 0.191 e. The molecule has 0 radical (unpaired) electrons. The lowest BCUT2D eigenvalue weighted by molar-refractivity contribution is 0.253. The van der Waals surface area contributed by atoms with Gasteiger partial charge in [0.15, 0.2) is 5.96 Å². The van der Waals surface area contributed by atoms with Gasteiger partial charge in [-0.1, -0.05) is 0 Å². The zero-order valence-corrected chi connectivity index (χ0v) is 13.4. The summed E-state index contributed by atoms with van der Waals surface area (Å²) in [6.07, 6.45) is 5.26. The van der Waals surface area contributed by atoms with Gasteiger partial charge in [0, 0.05) is 31.6 Å². The van der Waals surface area contributed by atoms with Crippen LogP contribution in [0.2, 0.25) is 0 Å². The average Bonchev–Trinajstić information content (AvgIpc) is 3.21. The Labute approximate surface area is 127 Å². The first-order valence-electron chi connectivity index (χ1n) is 7.97. The van der Waals surface area contributed by atoms with E-state index in [0.717, 1.165) is 43.8 Å². The van der Waals surface area contributed by atoms with Gasteiger partial charge in [0.2, 0.25) is 0 Å². The molecule has 1 aliphatic rings. The highest BCUT2D eigenvalue weighted by Gasteiger charge is 2.28. The maximum atomic E-state index is 5.33. The number of nitrogens with one attached hydrogen (secondary N) is 2. The maximum Gasteiger partial charge on any atom is 0.191 e. The molecule has 1 unspecified atom stereocenters. The van der Waals surface area contributed by atoms with Crippen molar-refractivity contribution in [1.82, 2.24) is 15.5 Å². The molecule has 21 heavy (non-hydrogen) atoms. The van der Waals surface area contributed by atoms with Gasteiger partial charge in [-0.2, -0.15) is 0 Å². The van der Waals surface area contributed by atoms with Crippen LogP contribution in [0, 0.1) is 0 Å². The summed E-state index contributed by atoms with van der Waals surface area (Å²) < 4.78 is 5.33. The van der Waals surface area contributed by atoms with Crippen LogP contribution in [0.25, 0.3) is 0 Å². The minimum absolute atomic E-state index is 0.484. The second-order valence-corrected chi connectivity index (χ2v) is 5.72. The van der Waals surface area contributed by atoms with Crippen LogP contribution in [0.4, 0.5) is 0 Å². The predicted molar refractivity (Wildman–Crippen MR) is 86.6 cm³/mol. The van der Waals surface area contributed by atoms with Crippen molar-refractivity contribution < 1.29 is 4.42 Å². The van der Waals surface area contributed by atoms with Crippen molar-refractivity contribution >= 4 is 5.96 Å². The van der Waals surface area contributed by atoms with Crippen LogP contribution in [0.5, 0.6) is 0 Å². The van der Waals surface area contributed by atoms with E-state index in [4.69, 9.17) is 4.42 Å². The van der Waals surface area contributed by atoms with E-state index in [1.54, 1.807) is 6.26 Å². The topological polar surface area (TPSA) is 52.8 Å². The summed E-state index contributed by atoms with van der Waals surface area (Å²) in [5.41, 5.74) is 0. The predicted octanol–water partition coefficient (Wildman–Crippen LogP) is 1.86. The van der Waals surface area contributed by atoms with Gasteiger partial charge in [0.1, 0.15) is 5.76 Å². The Balaban J connectivity index is 1.74. The van der Waals surface area contributed by atoms with Crippen LogP contribution < -0.4 is 10.6 Å². The average molecular weight is 292 g/mol. The summed E-state index contributed by atoms with van der Waals surface area (Å²) in [5, 5.41) is 6.65. The second kappa shape index (κ2) is 8.08. The zero-order chi connectivity index (χ0) is 15.1. The van der Waals surface area contributed by atoms with Crippen molar-refractivity contribution in [3.05, 3.63) is 24.2 Å². The van der Waals surface area contributed by atoms with Crippen molar-refractivity contribution in [2.75, 3.05) is 26.7 Å². The van der Waals surface area contributed by atoms with E-state index in [9.17, 15) is 0 Å². The van der Waals surface area contributed by atoms with Gasteiger partial charge in [-0.05, 0) is 45.9 Å². The summed E-state index contributed by atoms with van der Waals surface area (Å²) in [6.45, 7) is 6.85. The first-order chi connectivity index (χ1) is 10.2. The van der Waals surface area contributed by atoms with Crippen LogP contribution in [0.3, 0.4) is 0 Å². The number of aliphatic imine (C=N–C) groups is 1. The number of rotatable bonds is 8. The van der Waals surface area contributed by atoms with Crippen molar-refractivity contribution in [3.8, 4) is 0 Å². The van der Waals surface area contributed by atoms with Gasteiger partial charge >= 0.3 is 0 Å². The highest BCUT2D eigenvalue weighted by Crippen LogP contribution is 2.26. The fourth-order valence-corrected chi connectivity index (χ4v) is 2.29. The standard InChI is InChI=1S/C16H28N4O/c1-4-17-16(18-10-9-15-6-5-11-21-15)19-12-13(2)20(3)14-7-8-14/h5-6,11,13-14H,4,7-10,12H2,1-3H3,(H2,17,18,19). The van der Waals surface area contributed by atoms with Crippen molar-refractivity contribution in [2.45, 2.75) is 45.2 Å². The molecule has 5 nitrogen and oxygen atoms in total. The molecule has 1 saturated carbocycles. The molecule has 1 aliphatic carbocycles. The van der Waals surface area contributed by atoms with Crippen molar-refractivity contribution in [1.29, 1.82) is 0 Å². The Morgan fingerprint density at radius 2 is 2.29 bits per heavy atom. The highest BCUT2D eigenvalue weighted by atomic mass is 16.3. The molecule has 0 spiro atoms. The van der Waals surface area contributed by atoms with E-state index in [-0.39, 0.29) is 0 Å². The molecular formula is C16H28N4O. The van der Waals surface area contributed by atoms with Gasteiger partial charge in [-0.15, -0.1) is 0 Å². The molecule has 1 aromatic rings. The summed E-state index contributed by atoms with van der Waals surface area (Å²) in [7, 11) is 2.20. The Morgan fingerprint density at radius 3 is 2.90 bits per heavy atom. The lowest BCUT2D eigenvalue weighted by Crippen LogP contribution is -2.40. The third-order valence-corrected chi connectivity index (χ3v) is 3.92. The molecule has 1 heterocycles. The van der Waals surface area contributed by atoms with Gasteiger partial charge in [0.25, 0.3) is 0 Å². The number of hydrogen-bond donors (Lipinski definition) is 2. The molecule has 1 fully saturated rings. The first-order valence-corrected chi connectivity index (χ1v) is 7.97. The van der Waals surface area contributed by atoms with E-state index in [1.807, 2.05) is 12.1 Å². The molecule has 0 saturated heterocycles. The summed E-state index contributed by atoms with van der Waals surface area (Å²) in [6, 6.07) is 5.19. The summed E-state index contributed by atoms with van der Waals surface area (Å²) in [5.74, 6) is 1.89. The maximum absolute atomic E-state index is 5.33. The van der Waals surface area contributed by atoms with E-state index < -0.39 is 0 Å². The van der Waals surface area contributed by atoms with Crippen LogP contribution in [-0.2, 0) is 6.42 Å². The lowest BCUT2D eigenvalue weighted by atomic mass is 10.3. The second-order valence-electron chi connectivity index (χ2n) is 5.72. The van der Waals surface area contributed by atoms with Crippen LogP contribution in [-0.4, -0.2) is 49.6 Å². The number of furan rings is 1. The minimum Gasteiger partial charge on any atom is -0.469 e. The molecule has 5 heteroatoms. The molecule has 0 bridgehead atoms. The Hall–Kier alpha value is -1.49. The van der Waals surface area contributed by atoms with Gasteiger partial charge < -0.3 is 15.1 Å². The Morgan fingerprint density at radius 1 is 1.48 bits per heavy atom. The highest BCUT2D eigenvalue weighted by molar-refractivity contribution is 5.79. The zero-order valence-electron chi connectivity index (χ0n) is 13.4.